The van der Waals surface area contributed by atoms with Gasteiger partial charge in [-0.1, -0.05) is 19.8 Å². The Morgan fingerprint density at radius 1 is 1.35 bits per heavy atom. The Labute approximate surface area is 103 Å². The van der Waals surface area contributed by atoms with Gasteiger partial charge in [0.15, 0.2) is 0 Å². The Balaban J connectivity index is 1.77. The molecule has 1 aliphatic heterocycles. The summed E-state index contributed by atoms with van der Waals surface area (Å²) in [4.78, 5) is 12.0. The minimum Gasteiger partial charge on any atom is -0.379 e. The highest BCUT2D eigenvalue weighted by Crippen LogP contribution is 2.30. The highest BCUT2D eigenvalue weighted by Gasteiger charge is 2.33. The number of ether oxygens (including phenoxy) is 1. The first-order chi connectivity index (χ1) is 8.22. The zero-order valence-electron chi connectivity index (χ0n) is 10.9. The van der Waals surface area contributed by atoms with Gasteiger partial charge >= 0.3 is 0 Å². The van der Waals surface area contributed by atoms with Crippen LogP contribution in [0.1, 0.15) is 26.2 Å². The van der Waals surface area contributed by atoms with Gasteiger partial charge in [0.1, 0.15) is 0 Å². The van der Waals surface area contributed by atoms with Crippen LogP contribution < -0.4 is 10.6 Å². The maximum Gasteiger partial charge on any atom is 0.227 e. The van der Waals surface area contributed by atoms with Crippen LogP contribution in [0.4, 0.5) is 0 Å². The summed E-state index contributed by atoms with van der Waals surface area (Å²) in [7, 11) is 1.89. The lowest BCUT2D eigenvalue weighted by atomic mass is 9.97. The number of carbonyl (C=O) groups excluding carboxylic acids is 1. The predicted molar refractivity (Wildman–Crippen MR) is 66.7 cm³/mol. The Kier molecular flexibility index (Phi) is 4.40. The first-order valence-corrected chi connectivity index (χ1v) is 6.75. The minimum atomic E-state index is -0.0169. The van der Waals surface area contributed by atoms with E-state index in [-0.39, 0.29) is 17.9 Å². The number of hydrogen-bond acceptors (Lipinski definition) is 3. The molecular formula is C13H24N2O2. The molecule has 2 fully saturated rings. The molecular weight excluding hydrogens is 216 g/mol. The van der Waals surface area contributed by atoms with E-state index in [2.05, 4.69) is 17.6 Å². The van der Waals surface area contributed by atoms with E-state index in [0.29, 0.717) is 19.1 Å². The van der Waals surface area contributed by atoms with Crippen LogP contribution in [0.5, 0.6) is 0 Å². The molecule has 0 aromatic heterocycles. The molecule has 17 heavy (non-hydrogen) atoms. The molecule has 1 aliphatic carbocycles. The second kappa shape index (κ2) is 5.83. The van der Waals surface area contributed by atoms with Crippen LogP contribution in [0.25, 0.3) is 0 Å². The average molecular weight is 240 g/mol. The van der Waals surface area contributed by atoms with Crippen molar-refractivity contribution in [1.82, 2.24) is 10.6 Å². The normalized spacial score (nSPS) is 37.3. The van der Waals surface area contributed by atoms with Crippen LogP contribution >= 0.6 is 0 Å². The Bertz CT molecular complexity index is 270. The van der Waals surface area contributed by atoms with Gasteiger partial charge in [0.25, 0.3) is 0 Å². The van der Waals surface area contributed by atoms with E-state index < -0.39 is 0 Å². The fourth-order valence-corrected chi connectivity index (χ4v) is 2.99. The molecule has 1 saturated heterocycles. The van der Waals surface area contributed by atoms with Crippen molar-refractivity contribution in [2.45, 2.75) is 32.2 Å². The van der Waals surface area contributed by atoms with Crippen LogP contribution in [0.2, 0.25) is 0 Å². The van der Waals surface area contributed by atoms with E-state index in [1.807, 2.05) is 7.05 Å². The zero-order valence-corrected chi connectivity index (χ0v) is 10.9. The summed E-state index contributed by atoms with van der Waals surface area (Å²) < 4.78 is 5.35. The zero-order chi connectivity index (χ0) is 12.3. The third kappa shape index (κ3) is 2.99. The van der Waals surface area contributed by atoms with E-state index in [1.165, 1.54) is 19.3 Å². The summed E-state index contributed by atoms with van der Waals surface area (Å²) in [6.07, 6.45) is 3.89. The summed E-state index contributed by atoms with van der Waals surface area (Å²) in [5.74, 6) is 1.57. The van der Waals surface area contributed by atoms with Gasteiger partial charge in [-0.3, -0.25) is 4.79 Å². The summed E-state index contributed by atoms with van der Waals surface area (Å²) in [5, 5.41) is 6.25. The van der Waals surface area contributed by atoms with Crippen LogP contribution in [0.15, 0.2) is 0 Å². The van der Waals surface area contributed by atoms with Crippen molar-refractivity contribution in [2.75, 3.05) is 26.8 Å². The first-order valence-electron chi connectivity index (χ1n) is 6.75. The first kappa shape index (κ1) is 12.8. The maximum absolute atomic E-state index is 12.0. The van der Waals surface area contributed by atoms with Crippen LogP contribution in [-0.2, 0) is 9.53 Å². The van der Waals surface area contributed by atoms with E-state index in [4.69, 9.17) is 4.74 Å². The van der Waals surface area contributed by atoms with Crippen molar-refractivity contribution >= 4 is 5.91 Å². The van der Waals surface area contributed by atoms with Crippen molar-refractivity contribution in [3.05, 3.63) is 0 Å². The van der Waals surface area contributed by atoms with Gasteiger partial charge in [0.2, 0.25) is 5.91 Å². The highest BCUT2D eigenvalue weighted by atomic mass is 16.5. The number of nitrogens with one attached hydrogen (secondary N) is 2. The number of rotatable bonds is 4. The molecule has 1 saturated carbocycles. The molecule has 1 amide bonds. The monoisotopic (exact) mass is 240 g/mol. The smallest absolute Gasteiger partial charge is 0.227 e. The largest absolute Gasteiger partial charge is 0.379 e. The molecule has 4 nitrogen and oxygen atoms in total. The van der Waals surface area contributed by atoms with E-state index in [0.717, 1.165) is 12.5 Å². The van der Waals surface area contributed by atoms with Gasteiger partial charge in [0.05, 0.1) is 19.1 Å². The molecule has 2 rings (SSSR count). The minimum absolute atomic E-state index is 0.0169. The quantitative estimate of drug-likeness (QED) is 0.763. The molecule has 0 aromatic carbocycles. The third-order valence-corrected chi connectivity index (χ3v) is 4.37. The third-order valence-electron chi connectivity index (χ3n) is 4.37. The fraction of sp³-hybridized carbons (Fsp3) is 0.923. The summed E-state index contributed by atoms with van der Waals surface area (Å²) in [6, 6.07) is 0.177. The van der Waals surface area contributed by atoms with Crippen LogP contribution in [-0.4, -0.2) is 38.8 Å². The summed E-state index contributed by atoms with van der Waals surface area (Å²) in [5.41, 5.74) is 0. The molecule has 4 heteroatoms. The topological polar surface area (TPSA) is 50.4 Å². The molecule has 2 aliphatic rings. The van der Waals surface area contributed by atoms with Gasteiger partial charge in [0, 0.05) is 12.6 Å². The second-order valence-corrected chi connectivity index (χ2v) is 5.45. The lowest BCUT2D eigenvalue weighted by molar-refractivity contribution is -0.125. The second-order valence-electron chi connectivity index (χ2n) is 5.45. The Morgan fingerprint density at radius 2 is 2.18 bits per heavy atom. The molecule has 4 unspecified atom stereocenters. The van der Waals surface area contributed by atoms with Gasteiger partial charge in [-0.2, -0.15) is 0 Å². The van der Waals surface area contributed by atoms with Crippen LogP contribution in [0.3, 0.4) is 0 Å². The van der Waals surface area contributed by atoms with Gasteiger partial charge in [-0.15, -0.1) is 0 Å². The molecule has 0 aromatic rings. The molecule has 2 N–H and O–H groups in total. The number of carbonyl (C=O) groups is 1. The molecule has 0 bridgehead atoms. The Hall–Kier alpha value is -0.610. The van der Waals surface area contributed by atoms with Crippen molar-refractivity contribution in [3.63, 3.8) is 0 Å². The van der Waals surface area contributed by atoms with Crippen molar-refractivity contribution < 1.29 is 9.53 Å². The SMILES string of the molecule is CNC1COCC1C(=O)NCC1CCCC1C. The van der Waals surface area contributed by atoms with E-state index in [1.54, 1.807) is 0 Å². The number of hydrogen-bond donors (Lipinski definition) is 2. The average Bonchev–Trinajstić information content (AvgIpc) is 2.94. The predicted octanol–water partition coefficient (Wildman–Crippen LogP) is 0.773. The number of amides is 1. The lowest BCUT2D eigenvalue weighted by Crippen LogP contribution is -2.44. The van der Waals surface area contributed by atoms with Gasteiger partial charge in [-0.05, 0) is 25.3 Å². The number of likely N-dealkylation sites (N-methyl/N-ethyl adjacent to an activating group) is 1. The van der Waals surface area contributed by atoms with Gasteiger partial charge < -0.3 is 15.4 Å². The summed E-state index contributed by atoms with van der Waals surface area (Å²) in [6.45, 7) is 4.33. The highest BCUT2D eigenvalue weighted by molar-refractivity contribution is 5.79. The maximum atomic E-state index is 12.0. The van der Waals surface area contributed by atoms with Gasteiger partial charge in [-0.25, -0.2) is 0 Å². The van der Waals surface area contributed by atoms with E-state index in [9.17, 15) is 4.79 Å². The summed E-state index contributed by atoms with van der Waals surface area (Å²) >= 11 is 0. The molecule has 98 valence electrons. The van der Waals surface area contributed by atoms with Crippen molar-refractivity contribution in [3.8, 4) is 0 Å². The molecule has 4 atom stereocenters. The molecule has 0 spiro atoms. The van der Waals surface area contributed by atoms with Crippen molar-refractivity contribution in [1.29, 1.82) is 0 Å². The van der Waals surface area contributed by atoms with Crippen molar-refractivity contribution in [2.24, 2.45) is 17.8 Å². The fourth-order valence-electron chi connectivity index (χ4n) is 2.99. The molecule has 1 heterocycles. The lowest BCUT2D eigenvalue weighted by Gasteiger charge is -2.20. The Morgan fingerprint density at radius 3 is 2.82 bits per heavy atom. The molecule has 0 radical (unpaired) electrons. The van der Waals surface area contributed by atoms with E-state index >= 15 is 0 Å². The standard InChI is InChI=1S/C13H24N2O2/c1-9-4-3-5-10(9)6-15-13(16)11-7-17-8-12(11)14-2/h9-12,14H,3-8H2,1-2H3,(H,15,16). The van der Waals surface area contributed by atoms with Crippen LogP contribution in [0, 0.1) is 17.8 Å².